The van der Waals surface area contributed by atoms with Crippen LogP contribution in [0.1, 0.15) is 22.1 Å². The number of halogens is 3. The zero-order chi connectivity index (χ0) is 21.3. The Kier molecular flexibility index (Phi) is 6.10. The third kappa shape index (κ3) is 4.09. The maximum absolute atomic E-state index is 14.0. The van der Waals surface area contributed by atoms with Gasteiger partial charge in [-0.3, -0.25) is 9.69 Å². The predicted molar refractivity (Wildman–Crippen MR) is 129 cm³/mol. The quantitative estimate of drug-likeness (QED) is 0.276. The van der Waals surface area contributed by atoms with Crippen LogP contribution < -0.4 is 15.0 Å². The van der Waals surface area contributed by atoms with E-state index in [-0.39, 0.29) is 5.91 Å². The van der Waals surface area contributed by atoms with Crippen molar-refractivity contribution in [3.8, 4) is 5.75 Å². The maximum Gasteiger partial charge on any atom is 0.262 e. The minimum Gasteiger partial charge on any atom is -0.490 e. The summed E-state index contributed by atoms with van der Waals surface area (Å²) in [7, 11) is 0. The van der Waals surface area contributed by atoms with E-state index in [1.165, 1.54) is 12.1 Å². The van der Waals surface area contributed by atoms with Gasteiger partial charge in [-0.25, -0.2) is 4.39 Å². The van der Waals surface area contributed by atoms with Gasteiger partial charge in [-0.2, -0.15) is 0 Å². The summed E-state index contributed by atoms with van der Waals surface area (Å²) in [5.74, 6) is 0.0340. The molecule has 1 aliphatic heterocycles. The van der Waals surface area contributed by atoms with E-state index in [9.17, 15) is 9.18 Å². The fourth-order valence-corrected chi connectivity index (χ4v) is 4.32. The lowest BCUT2D eigenvalue weighted by Crippen LogP contribution is -2.43. The molecule has 1 aliphatic rings. The van der Waals surface area contributed by atoms with Gasteiger partial charge in [0.1, 0.15) is 24.3 Å². The van der Waals surface area contributed by atoms with E-state index in [0.717, 1.165) is 19.3 Å². The number of carbonyl (C=O) groups is 1. The van der Waals surface area contributed by atoms with Crippen molar-refractivity contribution in [2.75, 3.05) is 16.8 Å². The zero-order valence-electron chi connectivity index (χ0n) is 15.7. The summed E-state index contributed by atoms with van der Waals surface area (Å²) < 4.78 is 21.5. The van der Waals surface area contributed by atoms with E-state index in [0.29, 0.717) is 23.6 Å². The summed E-state index contributed by atoms with van der Waals surface area (Å²) in [6, 6.07) is 17.3. The van der Waals surface area contributed by atoms with Crippen LogP contribution in [0, 0.1) is 9.39 Å². The SMILES string of the molecule is C=CCOc1ccc(Br)c(C2Nc3ccc(I)cc3C(=O)N2c2cccc(F)c2)c1. The minimum absolute atomic E-state index is 0.206. The topological polar surface area (TPSA) is 41.6 Å². The Morgan fingerprint density at radius 2 is 2.03 bits per heavy atom. The number of nitrogens with zero attached hydrogens (tertiary/aromatic N) is 1. The molecule has 1 heterocycles. The van der Waals surface area contributed by atoms with Crippen LogP contribution in [0.2, 0.25) is 0 Å². The van der Waals surface area contributed by atoms with Gasteiger partial charge in [-0.15, -0.1) is 0 Å². The molecule has 0 spiro atoms. The number of amides is 1. The molecule has 4 nitrogen and oxygen atoms in total. The van der Waals surface area contributed by atoms with Crippen molar-refractivity contribution < 1.29 is 13.9 Å². The van der Waals surface area contributed by atoms with Gasteiger partial charge in [0.2, 0.25) is 0 Å². The summed E-state index contributed by atoms with van der Waals surface area (Å²) in [6.07, 6.45) is 1.11. The van der Waals surface area contributed by atoms with Crippen LogP contribution in [0.15, 0.2) is 77.8 Å². The van der Waals surface area contributed by atoms with Crippen molar-refractivity contribution in [1.29, 1.82) is 0 Å². The van der Waals surface area contributed by atoms with Crippen molar-refractivity contribution in [3.05, 3.63) is 98.3 Å². The molecule has 3 aromatic carbocycles. The molecule has 3 aromatic rings. The molecule has 0 saturated carbocycles. The largest absolute Gasteiger partial charge is 0.490 e. The van der Waals surface area contributed by atoms with Gasteiger partial charge < -0.3 is 10.1 Å². The lowest BCUT2D eigenvalue weighted by molar-refractivity contribution is 0.0974. The molecule has 1 N–H and O–H groups in total. The second-order valence-electron chi connectivity index (χ2n) is 6.67. The molecular formula is C23H17BrFIN2O2. The van der Waals surface area contributed by atoms with E-state index in [1.807, 2.05) is 36.4 Å². The standard InChI is InChI=1S/C23H17BrFIN2O2/c1-2-10-30-17-7-8-20(24)18(13-17)22-27-21-9-6-15(26)12-19(21)23(29)28(22)16-5-3-4-14(25)11-16/h2-9,11-13,22,27H,1,10H2. The second kappa shape index (κ2) is 8.77. The summed E-state index contributed by atoms with van der Waals surface area (Å²) in [5.41, 5.74) is 2.52. The molecule has 0 aliphatic carbocycles. The Labute approximate surface area is 196 Å². The average Bonchev–Trinajstić information content (AvgIpc) is 2.73. The molecule has 0 radical (unpaired) electrons. The lowest BCUT2D eigenvalue weighted by atomic mass is 10.0. The molecule has 0 bridgehead atoms. The van der Waals surface area contributed by atoms with Crippen LogP contribution in [-0.2, 0) is 0 Å². The first-order valence-corrected chi connectivity index (χ1v) is 11.0. The second-order valence-corrected chi connectivity index (χ2v) is 8.77. The predicted octanol–water partition coefficient (Wildman–Crippen LogP) is 6.53. The Balaban J connectivity index is 1.86. The number of hydrogen-bond donors (Lipinski definition) is 1. The van der Waals surface area contributed by atoms with Crippen molar-refractivity contribution >= 4 is 55.8 Å². The van der Waals surface area contributed by atoms with Gasteiger partial charge in [0, 0.05) is 25.0 Å². The number of hydrogen-bond acceptors (Lipinski definition) is 3. The zero-order valence-corrected chi connectivity index (χ0v) is 19.5. The number of ether oxygens (including phenoxy) is 1. The molecule has 1 unspecified atom stereocenters. The first-order valence-electron chi connectivity index (χ1n) is 9.16. The van der Waals surface area contributed by atoms with Gasteiger partial charge in [0.15, 0.2) is 0 Å². The van der Waals surface area contributed by atoms with Crippen molar-refractivity contribution in [2.24, 2.45) is 0 Å². The normalized spacial score (nSPS) is 15.4. The van der Waals surface area contributed by atoms with Gasteiger partial charge in [0.05, 0.1) is 5.56 Å². The Hall–Kier alpha value is -2.39. The van der Waals surface area contributed by atoms with Gasteiger partial charge in [-0.1, -0.05) is 34.7 Å². The molecule has 0 saturated heterocycles. The molecular weight excluding hydrogens is 562 g/mol. The van der Waals surface area contributed by atoms with Gasteiger partial charge >= 0.3 is 0 Å². The van der Waals surface area contributed by atoms with Crippen LogP contribution in [0.4, 0.5) is 15.8 Å². The summed E-state index contributed by atoms with van der Waals surface area (Å²) in [4.78, 5) is 15.1. The minimum atomic E-state index is -0.562. The number of anilines is 2. The fourth-order valence-electron chi connectivity index (χ4n) is 3.36. The number of nitrogens with one attached hydrogen (secondary N) is 1. The smallest absolute Gasteiger partial charge is 0.262 e. The average molecular weight is 579 g/mol. The van der Waals surface area contributed by atoms with E-state index < -0.39 is 12.0 Å². The number of fused-ring (bicyclic) bond motifs is 1. The first-order chi connectivity index (χ1) is 14.5. The Morgan fingerprint density at radius 1 is 1.20 bits per heavy atom. The number of rotatable bonds is 5. The lowest BCUT2D eigenvalue weighted by Gasteiger charge is -2.38. The van der Waals surface area contributed by atoms with Crippen LogP contribution in [0.3, 0.4) is 0 Å². The van der Waals surface area contributed by atoms with E-state index in [1.54, 1.807) is 23.1 Å². The molecule has 0 aromatic heterocycles. The van der Waals surface area contributed by atoms with E-state index in [4.69, 9.17) is 4.74 Å². The molecule has 7 heteroatoms. The summed E-state index contributed by atoms with van der Waals surface area (Å²) >= 11 is 5.76. The van der Waals surface area contributed by atoms with E-state index >= 15 is 0 Å². The molecule has 0 fully saturated rings. The highest BCUT2D eigenvalue weighted by atomic mass is 127. The van der Waals surface area contributed by atoms with Gasteiger partial charge in [-0.05, 0) is 77.2 Å². The highest BCUT2D eigenvalue weighted by Gasteiger charge is 2.35. The first kappa shape index (κ1) is 20.9. The summed E-state index contributed by atoms with van der Waals surface area (Å²) in [5, 5.41) is 3.44. The van der Waals surface area contributed by atoms with Crippen molar-refractivity contribution in [1.82, 2.24) is 0 Å². The molecule has 1 atom stereocenters. The molecule has 152 valence electrons. The van der Waals surface area contributed by atoms with Gasteiger partial charge in [0.25, 0.3) is 5.91 Å². The number of benzene rings is 3. The third-order valence-corrected chi connectivity index (χ3v) is 6.09. The van der Waals surface area contributed by atoms with Crippen molar-refractivity contribution in [3.63, 3.8) is 0 Å². The highest BCUT2D eigenvalue weighted by molar-refractivity contribution is 14.1. The monoisotopic (exact) mass is 578 g/mol. The fraction of sp³-hybridized carbons (Fsp3) is 0.0870. The number of carbonyl (C=O) groups excluding carboxylic acids is 1. The van der Waals surface area contributed by atoms with Crippen LogP contribution in [0.25, 0.3) is 0 Å². The van der Waals surface area contributed by atoms with E-state index in [2.05, 4.69) is 50.4 Å². The van der Waals surface area contributed by atoms with Crippen LogP contribution in [0.5, 0.6) is 5.75 Å². The maximum atomic E-state index is 14.0. The van der Waals surface area contributed by atoms with Crippen molar-refractivity contribution in [2.45, 2.75) is 6.17 Å². The molecule has 30 heavy (non-hydrogen) atoms. The van der Waals surface area contributed by atoms with Crippen LogP contribution >= 0.6 is 38.5 Å². The third-order valence-electron chi connectivity index (χ3n) is 4.70. The Bertz CT molecular complexity index is 1140. The van der Waals surface area contributed by atoms with Crippen LogP contribution in [-0.4, -0.2) is 12.5 Å². The highest BCUT2D eigenvalue weighted by Crippen LogP contribution is 2.40. The summed E-state index contributed by atoms with van der Waals surface area (Å²) in [6.45, 7) is 4.04. The molecule has 1 amide bonds. The molecule has 4 rings (SSSR count). The Morgan fingerprint density at radius 3 is 2.80 bits per heavy atom.